The van der Waals surface area contributed by atoms with E-state index in [9.17, 15) is 43.2 Å². The average molecular weight is 1450 g/mol. The predicted molar refractivity (Wildman–Crippen MR) is 404 cm³/mol. The van der Waals surface area contributed by atoms with Crippen LogP contribution in [0.2, 0.25) is 0 Å². The van der Waals surface area contributed by atoms with Crippen LogP contribution in [0, 0.1) is 23.7 Å². The van der Waals surface area contributed by atoms with Crippen LogP contribution in [0.15, 0.2) is 0 Å². The minimum absolute atomic E-state index is 0.103. The first-order valence-electron chi connectivity index (χ1n) is 41.2. The van der Waals surface area contributed by atoms with Gasteiger partial charge in [-0.1, -0.05) is 357 Å². The van der Waals surface area contributed by atoms with Crippen LogP contribution in [0.25, 0.3) is 0 Å². The highest BCUT2D eigenvalue weighted by Crippen LogP contribution is 2.45. The number of phosphoric ester groups is 2. The van der Waals surface area contributed by atoms with Crippen molar-refractivity contribution in [2.24, 2.45) is 23.7 Å². The van der Waals surface area contributed by atoms with E-state index >= 15 is 0 Å². The van der Waals surface area contributed by atoms with Gasteiger partial charge in [-0.05, 0) is 49.4 Å². The summed E-state index contributed by atoms with van der Waals surface area (Å²) in [5.41, 5.74) is 0. The van der Waals surface area contributed by atoms with E-state index in [1.807, 2.05) is 0 Å². The van der Waals surface area contributed by atoms with Gasteiger partial charge in [0.2, 0.25) is 0 Å². The van der Waals surface area contributed by atoms with Crippen LogP contribution in [-0.4, -0.2) is 96.7 Å². The molecule has 0 radical (unpaired) electrons. The fourth-order valence-corrected chi connectivity index (χ4v) is 13.8. The number of hydrogen-bond donors (Lipinski definition) is 3. The van der Waals surface area contributed by atoms with Gasteiger partial charge in [0.25, 0.3) is 0 Å². The first-order chi connectivity index (χ1) is 47.6. The van der Waals surface area contributed by atoms with Crippen LogP contribution in [0.4, 0.5) is 0 Å². The molecule has 3 N–H and O–H groups in total. The van der Waals surface area contributed by atoms with Gasteiger partial charge in [-0.3, -0.25) is 37.3 Å². The monoisotopic (exact) mass is 1450 g/mol. The number of esters is 4. The van der Waals surface area contributed by atoms with Gasteiger partial charge in [-0.15, -0.1) is 0 Å². The molecule has 99 heavy (non-hydrogen) atoms. The molecule has 17 nitrogen and oxygen atoms in total. The SMILES string of the molecule is CC(C)CCCCCCCCCCCCCCCCCCCCC(=O)O[C@H](COC(=O)CCCCCCCCC(C)C)COP(=O)(O)OCC(O)COP(=O)(O)OC[C@@H](COC(=O)CCCCCCCCCCCCCCCCCCC(C)C)OC(=O)CCCCCCCCCC(C)C. The summed E-state index contributed by atoms with van der Waals surface area (Å²) >= 11 is 0. The van der Waals surface area contributed by atoms with Crippen LogP contribution in [0.3, 0.4) is 0 Å². The maximum absolute atomic E-state index is 13.1. The number of carbonyl (C=O) groups excluding carboxylic acids is 4. The van der Waals surface area contributed by atoms with Gasteiger partial charge >= 0.3 is 39.5 Å². The zero-order valence-corrected chi connectivity index (χ0v) is 66.9. The summed E-state index contributed by atoms with van der Waals surface area (Å²) in [5.74, 6) is 0.887. The van der Waals surface area contributed by atoms with E-state index in [1.165, 1.54) is 205 Å². The standard InChI is InChI=1S/C80H156O17P2/c1-70(2)56-48-40-32-27-23-19-15-11-9-10-12-18-22-26-30-36-46-54-62-79(84)96-76(67-91-78(83)61-53-45-39-38-43-51-59-73(7)8)69-95-99(88,89)93-65-74(81)64-92-98(86,87)94-68-75(97-80(85)63-55-47-37-31-34-42-50-58-72(5)6)66-90-77(82)60-52-44-35-29-25-21-17-14-13-16-20-24-28-33-41-49-57-71(3)4/h70-76,81H,9-69H2,1-8H3,(H,86,87)(H,88,89)/t74?,75-,76-/m1/s1. The molecule has 0 rings (SSSR count). The lowest BCUT2D eigenvalue weighted by molar-refractivity contribution is -0.161. The van der Waals surface area contributed by atoms with Crippen molar-refractivity contribution in [1.82, 2.24) is 0 Å². The normalized spacial score (nSPS) is 14.1. The Morgan fingerprint density at radius 1 is 0.253 bits per heavy atom. The molecule has 0 aromatic heterocycles. The number of aliphatic hydroxyl groups excluding tert-OH is 1. The van der Waals surface area contributed by atoms with E-state index < -0.39 is 97.5 Å². The van der Waals surface area contributed by atoms with Crippen molar-refractivity contribution >= 4 is 39.5 Å². The molecule has 3 unspecified atom stereocenters. The Hall–Kier alpha value is -1.94. The van der Waals surface area contributed by atoms with Crippen LogP contribution in [-0.2, 0) is 65.4 Å². The molecule has 0 bridgehead atoms. The van der Waals surface area contributed by atoms with E-state index in [4.69, 9.17) is 37.0 Å². The Labute approximate surface area is 607 Å². The second-order valence-electron chi connectivity index (χ2n) is 30.7. The first kappa shape index (κ1) is 97.1. The molecule has 0 heterocycles. The van der Waals surface area contributed by atoms with Crippen molar-refractivity contribution in [3.05, 3.63) is 0 Å². The van der Waals surface area contributed by atoms with Crippen molar-refractivity contribution in [1.29, 1.82) is 0 Å². The summed E-state index contributed by atoms with van der Waals surface area (Å²) in [6, 6.07) is 0. The lowest BCUT2D eigenvalue weighted by atomic mass is 10.0. The maximum Gasteiger partial charge on any atom is 0.472 e. The van der Waals surface area contributed by atoms with Gasteiger partial charge in [0.15, 0.2) is 12.2 Å². The Morgan fingerprint density at radius 2 is 0.424 bits per heavy atom. The average Bonchev–Trinajstić information content (AvgIpc) is 0.956. The summed E-state index contributed by atoms with van der Waals surface area (Å²) in [6.07, 6.45) is 56.0. The molecular formula is C80H156O17P2. The molecule has 0 aromatic rings. The Morgan fingerprint density at radius 3 is 0.626 bits per heavy atom. The van der Waals surface area contributed by atoms with E-state index in [0.29, 0.717) is 37.5 Å². The number of aliphatic hydroxyl groups is 1. The summed E-state index contributed by atoms with van der Waals surface area (Å²) < 4.78 is 68.6. The number of phosphoric acid groups is 2. The molecule has 0 saturated carbocycles. The topological polar surface area (TPSA) is 237 Å². The first-order valence-corrected chi connectivity index (χ1v) is 44.2. The van der Waals surface area contributed by atoms with Gasteiger partial charge in [0.1, 0.15) is 19.3 Å². The number of carbonyl (C=O) groups is 4. The number of ether oxygens (including phenoxy) is 4. The highest BCUT2D eigenvalue weighted by Gasteiger charge is 2.30. The number of rotatable bonds is 77. The minimum atomic E-state index is -4.96. The molecule has 0 aliphatic rings. The third-order valence-corrected chi connectivity index (χ3v) is 20.5. The van der Waals surface area contributed by atoms with Crippen molar-refractivity contribution in [2.75, 3.05) is 39.6 Å². The quantitative estimate of drug-likeness (QED) is 0.0222. The zero-order valence-electron chi connectivity index (χ0n) is 65.1. The second kappa shape index (κ2) is 69.1. The summed E-state index contributed by atoms with van der Waals surface area (Å²) in [5, 5.41) is 10.6. The fourth-order valence-electron chi connectivity index (χ4n) is 12.3. The molecule has 0 fully saturated rings. The van der Waals surface area contributed by atoms with E-state index in [1.54, 1.807) is 0 Å². The Balaban J connectivity index is 5.11. The molecule has 19 heteroatoms. The summed E-state index contributed by atoms with van der Waals surface area (Å²) in [7, 11) is -9.92. The second-order valence-corrected chi connectivity index (χ2v) is 33.6. The third-order valence-electron chi connectivity index (χ3n) is 18.6. The molecule has 0 aliphatic carbocycles. The van der Waals surface area contributed by atoms with Gasteiger partial charge in [-0.2, -0.15) is 0 Å². The van der Waals surface area contributed by atoms with Crippen LogP contribution in [0.5, 0.6) is 0 Å². The Bertz CT molecular complexity index is 1940. The molecule has 0 spiro atoms. The lowest BCUT2D eigenvalue weighted by Crippen LogP contribution is -2.30. The predicted octanol–water partition coefficient (Wildman–Crippen LogP) is 23.6. The molecule has 5 atom stereocenters. The zero-order chi connectivity index (χ0) is 73.1. The smallest absolute Gasteiger partial charge is 0.462 e. The molecule has 0 aliphatic heterocycles. The van der Waals surface area contributed by atoms with Crippen LogP contribution < -0.4 is 0 Å². The Kier molecular flexibility index (Phi) is 67.8. The third kappa shape index (κ3) is 74.1. The van der Waals surface area contributed by atoms with Crippen LogP contribution in [0.1, 0.15) is 409 Å². The molecule has 0 amide bonds. The molecule has 0 saturated heterocycles. The summed E-state index contributed by atoms with van der Waals surface area (Å²) in [4.78, 5) is 72.8. The molecule has 0 aromatic carbocycles. The fraction of sp³-hybridized carbons (Fsp3) is 0.950. The van der Waals surface area contributed by atoms with E-state index in [-0.39, 0.29) is 25.7 Å². The van der Waals surface area contributed by atoms with Gasteiger partial charge < -0.3 is 33.8 Å². The van der Waals surface area contributed by atoms with Crippen molar-refractivity contribution in [3.8, 4) is 0 Å². The molecular weight excluding hydrogens is 1290 g/mol. The van der Waals surface area contributed by atoms with Crippen LogP contribution >= 0.6 is 15.6 Å². The van der Waals surface area contributed by atoms with E-state index in [2.05, 4.69) is 55.4 Å². The van der Waals surface area contributed by atoms with Gasteiger partial charge in [0, 0.05) is 25.7 Å². The highest BCUT2D eigenvalue weighted by atomic mass is 31.2. The van der Waals surface area contributed by atoms with Crippen molar-refractivity contribution in [3.63, 3.8) is 0 Å². The van der Waals surface area contributed by atoms with Crippen molar-refractivity contribution < 1.29 is 80.2 Å². The minimum Gasteiger partial charge on any atom is -0.462 e. The number of hydrogen-bond acceptors (Lipinski definition) is 15. The largest absolute Gasteiger partial charge is 0.472 e. The van der Waals surface area contributed by atoms with Crippen molar-refractivity contribution in [2.45, 2.75) is 427 Å². The lowest BCUT2D eigenvalue weighted by Gasteiger charge is -2.21. The van der Waals surface area contributed by atoms with Gasteiger partial charge in [-0.25, -0.2) is 9.13 Å². The van der Waals surface area contributed by atoms with Gasteiger partial charge in [0.05, 0.1) is 26.4 Å². The number of unbranched alkanes of at least 4 members (excludes halogenated alkanes) is 43. The molecule has 588 valence electrons. The summed E-state index contributed by atoms with van der Waals surface area (Å²) in [6.45, 7) is 14.2. The maximum atomic E-state index is 13.1. The van der Waals surface area contributed by atoms with E-state index in [0.717, 1.165) is 108 Å². The highest BCUT2D eigenvalue weighted by molar-refractivity contribution is 7.47.